The second kappa shape index (κ2) is 9.72. The van der Waals surface area contributed by atoms with Crippen LogP contribution >= 0.6 is 11.6 Å². The van der Waals surface area contributed by atoms with E-state index in [0.29, 0.717) is 28.8 Å². The van der Waals surface area contributed by atoms with Crippen LogP contribution in [0, 0.1) is 0 Å². The quantitative estimate of drug-likeness (QED) is 0.301. The van der Waals surface area contributed by atoms with E-state index in [9.17, 15) is 4.79 Å². The summed E-state index contributed by atoms with van der Waals surface area (Å²) in [5.41, 5.74) is 3.82. The molecule has 150 valence electrons. The number of nitrogens with one attached hydrogen (secondary N) is 1. The smallest absolute Gasteiger partial charge is 0.335 e. The zero-order valence-electron chi connectivity index (χ0n) is 15.5. The summed E-state index contributed by atoms with van der Waals surface area (Å²) in [6.45, 7) is 2.41. The van der Waals surface area contributed by atoms with Crippen molar-refractivity contribution in [3.63, 3.8) is 0 Å². The molecular formula is C20H18ClN3O5. The van der Waals surface area contributed by atoms with Gasteiger partial charge in [0.05, 0.1) is 12.2 Å². The Morgan fingerprint density at radius 1 is 1.24 bits per heavy atom. The summed E-state index contributed by atoms with van der Waals surface area (Å²) < 4.78 is 11.3. The molecule has 3 aromatic rings. The van der Waals surface area contributed by atoms with Crippen LogP contribution in [-0.4, -0.2) is 27.9 Å². The molecule has 3 rings (SSSR count). The molecule has 0 atom stereocenters. The number of carboxylic acid groups (broad SMARTS) is 1. The summed E-state index contributed by atoms with van der Waals surface area (Å²) in [6.07, 6.45) is 2.11. The van der Waals surface area contributed by atoms with Crippen molar-refractivity contribution < 1.29 is 23.9 Å². The lowest BCUT2D eigenvalue weighted by molar-refractivity contribution is 0.0696. The Hall–Kier alpha value is -3.36. The number of halogens is 1. The normalized spacial score (nSPS) is 11.3. The van der Waals surface area contributed by atoms with Crippen molar-refractivity contribution in [1.29, 1.82) is 0 Å². The molecule has 29 heavy (non-hydrogen) atoms. The first-order chi connectivity index (χ1) is 14.1. The highest BCUT2D eigenvalue weighted by Gasteiger charge is 2.14. The standard InChI is InChI=1S/C20H18ClN3O5/c1-2-10-28-24-17(12-27-16-5-3-4-14(11-16)20(25)26)19-23-22-18(29-19)13-6-8-15(21)9-7-13/h3-9,11-12,24H,2,10H2,1H3,(H,25,26). The number of rotatable bonds is 9. The van der Waals surface area contributed by atoms with Crippen LogP contribution in [0.25, 0.3) is 17.2 Å². The highest BCUT2D eigenvalue weighted by molar-refractivity contribution is 6.30. The number of nitrogens with zero attached hydrogens (tertiary/aromatic N) is 2. The number of aromatic carboxylic acids is 1. The Labute approximate surface area is 171 Å². The molecule has 0 aliphatic heterocycles. The molecule has 8 nitrogen and oxygen atoms in total. The average molecular weight is 416 g/mol. The van der Waals surface area contributed by atoms with Gasteiger partial charge < -0.3 is 14.3 Å². The number of hydrogen-bond donors (Lipinski definition) is 2. The molecule has 2 N–H and O–H groups in total. The second-order valence-corrected chi connectivity index (χ2v) is 6.29. The molecule has 0 aliphatic carbocycles. The van der Waals surface area contributed by atoms with Gasteiger partial charge in [-0.25, -0.2) is 4.79 Å². The summed E-state index contributed by atoms with van der Waals surface area (Å²) in [6, 6.07) is 13.0. The van der Waals surface area contributed by atoms with Gasteiger partial charge in [0.25, 0.3) is 5.89 Å². The number of benzene rings is 2. The lowest BCUT2D eigenvalue weighted by Crippen LogP contribution is -2.15. The maximum Gasteiger partial charge on any atom is 0.335 e. The number of ether oxygens (including phenoxy) is 1. The summed E-state index contributed by atoms with van der Waals surface area (Å²) in [4.78, 5) is 16.4. The zero-order valence-corrected chi connectivity index (χ0v) is 16.2. The summed E-state index contributed by atoms with van der Waals surface area (Å²) in [5, 5.41) is 17.7. The van der Waals surface area contributed by atoms with E-state index in [4.69, 9.17) is 30.7 Å². The molecule has 0 unspecified atom stereocenters. The minimum atomic E-state index is -1.05. The minimum absolute atomic E-state index is 0.107. The molecule has 1 heterocycles. The fourth-order valence-electron chi connectivity index (χ4n) is 2.22. The van der Waals surface area contributed by atoms with Gasteiger partial charge in [0.2, 0.25) is 5.89 Å². The van der Waals surface area contributed by atoms with Crippen LogP contribution in [0.2, 0.25) is 5.02 Å². The van der Waals surface area contributed by atoms with E-state index >= 15 is 0 Å². The van der Waals surface area contributed by atoms with Crippen molar-refractivity contribution in [3.8, 4) is 17.2 Å². The van der Waals surface area contributed by atoms with Crippen LogP contribution in [0.4, 0.5) is 0 Å². The van der Waals surface area contributed by atoms with E-state index in [1.165, 1.54) is 18.4 Å². The summed E-state index contributed by atoms with van der Waals surface area (Å²) >= 11 is 5.90. The summed E-state index contributed by atoms with van der Waals surface area (Å²) in [5.74, 6) is -0.279. The van der Waals surface area contributed by atoms with Gasteiger partial charge in [-0.1, -0.05) is 24.6 Å². The maximum atomic E-state index is 11.1. The fraction of sp³-hybridized carbons (Fsp3) is 0.150. The van der Waals surface area contributed by atoms with Crippen LogP contribution < -0.4 is 10.2 Å². The first-order valence-electron chi connectivity index (χ1n) is 8.74. The fourth-order valence-corrected chi connectivity index (χ4v) is 2.35. The third-order valence-electron chi connectivity index (χ3n) is 3.63. The molecule has 0 radical (unpaired) electrons. The first kappa shape index (κ1) is 20.4. The number of hydroxylamine groups is 1. The molecule has 1 aromatic heterocycles. The van der Waals surface area contributed by atoms with E-state index in [1.807, 2.05) is 6.92 Å². The SMILES string of the molecule is CCCONC(=COc1cccc(C(=O)O)c1)c1nnc(-c2ccc(Cl)cc2)o1. The van der Waals surface area contributed by atoms with E-state index in [-0.39, 0.29) is 17.2 Å². The first-order valence-corrected chi connectivity index (χ1v) is 9.12. The van der Waals surface area contributed by atoms with Gasteiger partial charge in [-0.05, 0) is 48.9 Å². The Morgan fingerprint density at radius 2 is 2.03 bits per heavy atom. The number of hydrogen-bond acceptors (Lipinski definition) is 7. The average Bonchev–Trinajstić information content (AvgIpc) is 3.21. The Kier molecular flexibility index (Phi) is 6.83. The van der Waals surface area contributed by atoms with Crippen molar-refractivity contribution in [3.05, 3.63) is 71.3 Å². The van der Waals surface area contributed by atoms with Crippen LogP contribution in [0.15, 0.2) is 59.2 Å². The van der Waals surface area contributed by atoms with Gasteiger partial charge in [0.15, 0.2) is 5.70 Å². The van der Waals surface area contributed by atoms with E-state index in [2.05, 4.69) is 15.7 Å². The van der Waals surface area contributed by atoms with Gasteiger partial charge in [-0.15, -0.1) is 10.2 Å². The molecule has 2 aromatic carbocycles. The monoisotopic (exact) mass is 415 g/mol. The van der Waals surface area contributed by atoms with Crippen molar-refractivity contribution in [2.45, 2.75) is 13.3 Å². The van der Waals surface area contributed by atoms with Crippen LogP contribution in [-0.2, 0) is 4.84 Å². The number of aromatic nitrogens is 2. The predicted molar refractivity (Wildman–Crippen MR) is 106 cm³/mol. The van der Waals surface area contributed by atoms with Gasteiger partial charge in [0.1, 0.15) is 12.0 Å². The highest BCUT2D eigenvalue weighted by atomic mass is 35.5. The Morgan fingerprint density at radius 3 is 2.76 bits per heavy atom. The molecule has 0 amide bonds. The van der Waals surface area contributed by atoms with Crippen molar-refractivity contribution >= 4 is 23.3 Å². The molecule has 0 spiro atoms. The topological polar surface area (TPSA) is 107 Å². The highest BCUT2D eigenvalue weighted by Crippen LogP contribution is 2.23. The van der Waals surface area contributed by atoms with E-state index in [1.54, 1.807) is 36.4 Å². The summed E-state index contributed by atoms with van der Waals surface area (Å²) in [7, 11) is 0. The van der Waals surface area contributed by atoms with Crippen molar-refractivity contribution in [1.82, 2.24) is 15.7 Å². The molecule has 0 saturated carbocycles. The van der Waals surface area contributed by atoms with Gasteiger partial charge in [-0.3, -0.25) is 10.3 Å². The van der Waals surface area contributed by atoms with Crippen LogP contribution in [0.1, 0.15) is 29.6 Å². The van der Waals surface area contributed by atoms with Crippen LogP contribution in [0.3, 0.4) is 0 Å². The molecule has 0 fully saturated rings. The lowest BCUT2D eigenvalue weighted by Gasteiger charge is -2.08. The van der Waals surface area contributed by atoms with Gasteiger partial charge >= 0.3 is 5.97 Å². The van der Waals surface area contributed by atoms with E-state index < -0.39 is 5.97 Å². The molecule has 0 aliphatic rings. The minimum Gasteiger partial charge on any atom is -0.478 e. The number of carboxylic acids is 1. The maximum absolute atomic E-state index is 11.1. The molecule has 9 heteroatoms. The van der Waals surface area contributed by atoms with E-state index in [0.717, 1.165) is 6.42 Å². The third-order valence-corrected chi connectivity index (χ3v) is 3.88. The molecular weight excluding hydrogens is 398 g/mol. The molecule has 0 saturated heterocycles. The van der Waals surface area contributed by atoms with Gasteiger partial charge in [-0.2, -0.15) is 0 Å². The Bertz CT molecular complexity index is 1000. The zero-order chi connectivity index (χ0) is 20.6. The van der Waals surface area contributed by atoms with Crippen molar-refractivity contribution in [2.24, 2.45) is 0 Å². The molecule has 0 bridgehead atoms. The Balaban J connectivity index is 1.83. The second-order valence-electron chi connectivity index (χ2n) is 5.85. The largest absolute Gasteiger partial charge is 0.478 e. The van der Waals surface area contributed by atoms with Gasteiger partial charge in [0, 0.05) is 10.6 Å². The lowest BCUT2D eigenvalue weighted by atomic mass is 10.2. The number of carbonyl (C=O) groups is 1. The van der Waals surface area contributed by atoms with Crippen LogP contribution in [0.5, 0.6) is 5.75 Å². The predicted octanol–water partition coefficient (Wildman–Crippen LogP) is 4.40. The third kappa shape index (κ3) is 5.56. The van der Waals surface area contributed by atoms with Crippen molar-refractivity contribution in [2.75, 3.05) is 6.61 Å².